The van der Waals surface area contributed by atoms with Gasteiger partial charge in [0.2, 0.25) is 0 Å². The first-order chi connectivity index (χ1) is 9.25. The van der Waals surface area contributed by atoms with E-state index in [2.05, 4.69) is 29.1 Å². The summed E-state index contributed by atoms with van der Waals surface area (Å²) in [6.07, 6.45) is 8.33. The van der Waals surface area contributed by atoms with Crippen molar-refractivity contribution in [1.29, 1.82) is 0 Å². The van der Waals surface area contributed by atoms with E-state index in [4.69, 9.17) is 0 Å². The molecule has 0 aromatic rings. The number of nitrogens with zero attached hydrogens (tertiary/aromatic N) is 2. The quantitative estimate of drug-likeness (QED) is 0.744. The zero-order chi connectivity index (χ0) is 13.5. The number of piperidine rings is 2. The van der Waals surface area contributed by atoms with E-state index in [1.54, 1.807) is 0 Å². The Morgan fingerprint density at radius 2 is 1.84 bits per heavy atom. The highest BCUT2D eigenvalue weighted by atomic mass is 15.2. The van der Waals surface area contributed by atoms with Crippen molar-refractivity contribution < 1.29 is 0 Å². The maximum atomic E-state index is 3.68. The number of rotatable bonds is 6. The molecule has 0 spiro atoms. The molecule has 0 aromatic heterocycles. The predicted molar refractivity (Wildman–Crippen MR) is 82.6 cm³/mol. The molecule has 1 unspecified atom stereocenters. The van der Waals surface area contributed by atoms with Gasteiger partial charge in [-0.05, 0) is 91.3 Å². The van der Waals surface area contributed by atoms with E-state index in [0.29, 0.717) is 0 Å². The van der Waals surface area contributed by atoms with Gasteiger partial charge in [0, 0.05) is 6.04 Å². The van der Waals surface area contributed by atoms with E-state index in [1.807, 2.05) is 0 Å². The van der Waals surface area contributed by atoms with Crippen LogP contribution >= 0.6 is 0 Å². The molecule has 1 N–H and O–H groups in total. The highest BCUT2D eigenvalue weighted by Gasteiger charge is 2.18. The Balaban J connectivity index is 1.48. The summed E-state index contributed by atoms with van der Waals surface area (Å²) in [5, 5.41) is 3.68. The highest BCUT2D eigenvalue weighted by Crippen LogP contribution is 2.16. The van der Waals surface area contributed by atoms with Crippen molar-refractivity contribution in [2.75, 3.05) is 46.3 Å². The fourth-order valence-electron chi connectivity index (χ4n) is 3.47. The number of nitrogens with one attached hydrogen (secondary N) is 1. The van der Waals surface area contributed by atoms with Crippen molar-refractivity contribution in [2.45, 2.75) is 51.5 Å². The minimum atomic E-state index is 0.822. The van der Waals surface area contributed by atoms with Gasteiger partial charge in [-0.3, -0.25) is 0 Å². The van der Waals surface area contributed by atoms with Crippen LogP contribution in [-0.2, 0) is 0 Å². The Labute approximate surface area is 119 Å². The monoisotopic (exact) mass is 267 g/mol. The summed E-state index contributed by atoms with van der Waals surface area (Å²) in [6.45, 7) is 10.0. The molecule has 2 saturated heterocycles. The summed E-state index contributed by atoms with van der Waals surface area (Å²) in [4.78, 5) is 5.13. The maximum absolute atomic E-state index is 3.68. The van der Waals surface area contributed by atoms with E-state index in [0.717, 1.165) is 12.0 Å². The van der Waals surface area contributed by atoms with Gasteiger partial charge in [-0.25, -0.2) is 0 Å². The Morgan fingerprint density at radius 3 is 2.58 bits per heavy atom. The molecule has 0 aromatic carbocycles. The van der Waals surface area contributed by atoms with E-state index >= 15 is 0 Å². The first kappa shape index (κ1) is 15.3. The highest BCUT2D eigenvalue weighted by molar-refractivity contribution is 4.74. The molecule has 112 valence electrons. The van der Waals surface area contributed by atoms with E-state index in [9.17, 15) is 0 Å². The van der Waals surface area contributed by atoms with Crippen LogP contribution < -0.4 is 5.32 Å². The van der Waals surface area contributed by atoms with Crippen LogP contribution in [0.5, 0.6) is 0 Å². The molecular formula is C16H33N3. The molecule has 2 rings (SSSR count). The molecule has 1 atom stereocenters. The molecule has 2 aliphatic rings. The van der Waals surface area contributed by atoms with Crippen LogP contribution in [-0.4, -0.2) is 62.2 Å². The molecule has 3 nitrogen and oxygen atoms in total. The summed E-state index contributed by atoms with van der Waals surface area (Å²) >= 11 is 0. The van der Waals surface area contributed by atoms with Gasteiger partial charge in [-0.1, -0.05) is 6.42 Å². The molecule has 2 aliphatic heterocycles. The van der Waals surface area contributed by atoms with Crippen LogP contribution in [0.15, 0.2) is 0 Å². The Morgan fingerprint density at radius 1 is 1.05 bits per heavy atom. The summed E-state index contributed by atoms with van der Waals surface area (Å²) in [5.74, 6) is 0.921. The molecule has 0 aliphatic carbocycles. The van der Waals surface area contributed by atoms with Gasteiger partial charge < -0.3 is 15.1 Å². The third-order valence-electron chi connectivity index (χ3n) is 5.01. The van der Waals surface area contributed by atoms with E-state index < -0.39 is 0 Å². The second kappa shape index (κ2) is 8.23. The lowest BCUT2D eigenvalue weighted by atomic mass is 9.97. The lowest BCUT2D eigenvalue weighted by Gasteiger charge is -2.33. The van der Waals surface area contributed by atoms with Crippen molar-refractivity contribution in [3.63, 3.8) is 0 Å². The molecule has 19 heavy (non-hydrogen) atoms. The molecule has 0 bridgehead atoms. The van der Waals surface area contributed by atoms with Crippen LogP contribution in [0.1, 0.15) is 45.4 Å². The number of hydrogen-bond donors (Lipinski definition) is 1. The van der Waals surface area contributed by atoms with E-state index in [1.165, 1.54) is 77.8 Å². The Bertz CT molecular complexity index is 236. The van der Waals surface area contributed by atoms with Crippen LogP contribution in [0.4, 0.5) is 0 Å². The van der Waals surface area contributed by atoms with Gasteiger partial charge >= 0.3 is 0 Å². The second-order valence-electron chi connectivity index (χ2n) is 6.69. The third-order valence-corrected chi connectivity index (χ3v) is 5.01. The van der Waals surface area contributed by atoms with Crippen LogP contribution in [0.2, 0.25) is 0 Å². The molecule has 0 radical (unpaired) electrons. The van der Waals surface area contributed by atoms with Crippen molar-refractivity contribution in [2.24, 2.45) is 5.92 Å². The minimum absolute atomic E-state index is 0.822. The van der Waals surface area contributed by atoms with Gasteiger partial charge in [0.25, 0.3) is 0 Å². The summed E-state index contributed by atoms with van der Waals surface area (Å²) in [7, 11) is 2.24. The topological polar surface area (TPSA) is 18.5 Å². The lowest BCUT2D eigenvalue weighted by molar-refractivity contribution is 0.158. The fourth-order valence-corrected chi connectivity index (χ4v) is 3.47. The lowest BCUT2D eigenvalue weighted by Crippen LogP contribution is -2.39. The van der Waals surface area contributed by atoms with Crippen molar-refractivity contribution in [1.82, 2.24) is 15.1 Å². The molecule has 3 heteroatoms. The Hall–Kier alpha value is -0.120. The van der Waals surface area contributed by atoms with Crippen molar-refractivity contribution in [3.05, 3.63) is 0 Å². The second-order valence-corrected chi connectivity index (χ2v) is 6.69. The maximum Gasteiger partial charge on any atom is 0.00669 e. The number of hydrogen-bond acceptors (Lipinski definition) is 3. The largest absolute Gasteiger partial charge is 0.316 e. The van der Waals surface area contributed by atoms with Gasteiger partial charge in [0.05, 0.1) is 0 Å². The van der Waals surface area contributed by atoms with Gasteiger partial charge in [-0.2, -0.15) is 0 Å². The third kappa shape index (κ3) is 5.41. The normalized spacial score (nSPS) is 27.8. The SMILES string of the molecule is CC1CCCCN1CCCNCC1CCN(C)CC1. The van der Waals surface area contributed by atoms with E-state index in [-0.39, 0.29) is 0 Å². The standard InChI is InChI=1S/C16H33N3/c1-15-6-3-4-10-19(15)11-5-9-17-14-16-7-12-18(2)13-8-16/h15-17H,3-14H2,1-2H3. The van der Waals surface area contributed by atoms with Gasteiger partial charge in [0.15, 0.2) is 0 Å². The molecular weight excluding hydrogens is 234 g/mol. The summed E-state index contributed by atoms with van der Waals surface area (Å²) in [5.41, 5.74) is 0. The fraction of sp³-hybridized carbons (Fsp3) is 1.00. The number of likely N-dealkylation sites (tertiary alicyclic amines) is 2. The smallest absolute Gasteiger partial charge is 0.00669 e. The van der Waals surface area contributed by atoms with Crippen molar-refractivity contribution in [3.8, 4) is 0 Å². The zero-order valence-electron chi connectivity index (χ0n) is 13.0. The zero-order valence-corrected chi connectivity index (χ0v) is 13.0. The summed E-state index contributed by atoms with van der Waals surface area (Å²) < 4.78 is 0. The molecule has 0 amide bonds. The average molecular weight is 267 g/mol. The summed E-state index contributed by atoms with van der Waals surface area (Å²) in [6, 6.07) is 0.822. The Kier molecular flexibility index (Phi) is 6.62. The minimum Gasteiger partial charge on any atom is -0.316 e. The van der Waals surface area contributed by atoms with Crippen LogP contribution in [0.3, 0.4) is 0 Å². The first-order valence-electron chi connectivity index (χ1n) is 8.39. The first-order valence-corrected chi connectivity index (χ1v) is 8.39. The van der Waals surface area contributed by atoms with Crippen LogP contribution in [0, 0.1) is 5.92 Å². The molecule has 2 heterocycles. The van der Waals surface area contributed by atoms with Crippen LogP contribution in [0.25, 0.3) is 0 Å². The molecule has 0 saturated carbocycles. The predicted octanol–water partition coefficient (Wildman–Crippen LogP) is 2.18. The average Bonchev–Trinajstić information content (AvgIpc) is 2.42. The molecule has 2 fully saturated rings. The van der Waals surface area contributed by atoms with Crippen molar-refractivity contribution >= 4 is 0 Å². The van der Waals surface area contributed by atoms with Gasteiger partial charge in [0.1, 0.15) is 0 Å². The van der Waals surface area contributed by atoms with Gasteiger partial charge in [-0.15, -0.1) is 0 Å².